The molecule has 0 radical (unpaired) electrons. The third kappa shape index (κ3) is 4.24. The SMILES string of the molecule is O=C(O)Cc1ccc(COc2ccccc2I)cc1. The largest absolute Gasteiger partial charge is 0.488 e. The maximum Gasteiger partial charge on any atom is 0.307 e. The Bertz CT molecular complexity index is 564. The summed E-state index contributed by atoms with van der Waals surface area (Å²) in [6.45, 7) is 0.480. The van der Waals surface area contributed by atoms with Crippen molar-refractivity contribution in [3.05, 3.63) is 63.2 Å². The summed E-state index contributed by atoms with van der Waals surface area (Å²) < 4.78 is 6.79. The van der Waals surface area contributed by atoms with Gasteiger partial charge in [-0.3, -0.25) is 4.79 Å². The van der Waals surface area contributed by atoms with Crippen molar-refractivity contribution in [2.24, 2.45) is 0 Å². The van der Waals surface area contributed by atoms with E-state index in [0.717, 1.165) is 20.4 Å². The lowest BCUT2D eigenvalue weighted by atomic mass is 10.1. The highest BCUT2D eigenvalue weighted by molar-refractivity contribution is 14.1. The van der Waals surface area contributed by atoms with Gasteiger partial charge in [0, 0.05) is 0 Å². The van der Waals surface area contributed by atoms with Gasteiger partial charge < -0.3 is 9.84 Å². The molecule has 0 spiro atoms. The number of aliphatic carboxylic acids is 1. The number of rotatable bonds is 5. The molecule has 0 aliphatic rings. The summed E-state index contributed by atoms with van der Waals surface area (Å²) in [6, 6.07) is 15.3. The van der Waals surface area contributed by atoms with Crippen LogP contribution in [0.15, 0.2) is 48.5 Å². The smallest absolute Gasteiger partial charge is 0.307 e. The van der Waals surface area contributed by atoms with Crippen LogP contribution in [0.4, 0.5) is 0 Å². The molecule has 4 heteroatoms. The standard InChI is InChI=1S/C15H13IO3/c16-13-3-1-2-4-14(13)19-10-12-7-5-11(6-8-12)9-15(17)18/h1-8H,9-10H2,(H,17,18). The van der Waals surface area contributed by atoms with Gasteiger partial charge in [-0.05, 0) is 45.9 Å². The Hall–Kier alpha value is -1.56. The maximum absolute atomic E-state index is 10.6. The second-order valence-corrected chi connectivity index (χ2v) is 5.27. The van der Waals surface area contributed by atoms with E-state index in [4.69, 9.17) is 9.84 Å². The third-order valence-corrected chi connectivity index (χ3v) is 3.50. The van der Waals surface area contributed by atoms with Crippen LogP contribution in [0.5, 0.6) is 5.75 Å². The zero-order chi connectivity index (χ0) is 13.7. The molecule has 2 rings (SSSR count). The molecule has 0 saturated heterocycles. The fraction of sp³-hybridized carbons (Fsp3) is 0.133. The average molecular weight is 368 g/mol. The number of carboxylic acid groups (broad SMARTS) is 1. The normalized spacial score (nSPS) is 10.2. The fourth-order valence-corrected chi connectivity index (χ4v) is 2.19. The van der Waals surface area contributed by atoms with Crippen LogP contribution in [-0.4, -0.2) is 11.1 Å². The van der Waals surface area contributed by atoms with E-state index in [0.29, 0.717) is 6.61 Å². The monoisotopic (exact) mass is 368 g/mol. The van der Waals surface area contributed by atoms with Gasteiger partial charge in [0.2, 0.25) is 0 Å². The molecule has 0 unspecified atom stereocenters. The Balaban J connectivity index is 1.97. The minimum absolute atomic E-state index is 0.0533. The van der Waals surface area contributed by atoms with Crippen molar-refractivity contribution in [3.8, 4) is 5.75 Å². The Labute approximate surface area is 125 Å². The van der Waals surface area contributed by atoms with Crippen LogP contribution in [0.1, 0.15) is 11.1 Å². The molecule has 0 aliphatic heterocycles. The molecule has 0 bridgehead atoms. The van der Waals surface area contributed by atoms with Crippen LogP contribution < -0.4 is 4.74 Å². The molecule has 0 amide bonds. The topological polar surface area (TPSA) is 46.5 Å². The Morgan fingerprint density at radius 1 is 1.05 bits per heavy atom. The molecule has 2 aromatic carbocycles. The first-order chi connectivity index (χ1) is 9.15. The second-order valence-electron chi connectivity index (χ2n) is 4.11. The van der Waals surface area contributed by atoms with E-state index in [1.165, 1.54) is 0 Å². The summed E-state index contributed by atoms with van der Waals surface area (Å²) in [7, 11) is 0. The minimum atomic E-state index is -0.817. The predicted molar refractivity (Wildman–Crippen MR) is 81.3 cm³/mol. The third-order valence-electron chi connectivity index (χ3n) is 2.61. The first-order valence-corrected chi connectivity index (χ1v) is 6.90. The molecule has 19 heavy (non-hydrogen) atoms. The van der Waals surface area contributed by atoms with E-state index >= 15 is 0 Å². The number of ether oxygens (including phenoxy) is 1. The van der Waals surface area contributed by atoms with E-state index in [2.05, 4.69) is 22.6 Å². The van der Waals surface area contributed by atoms with E-state index in [1.54, 1.807) is 0 Å². The molecule has 0 atom stereocenters. The van der Waals surface area contributed by atoms with Crippen LogP contribution in [-0.2, 0) is 17.8 Å². The molecule has 0 aliphatic carbocycles. The quantitative estimate of drug-likeness (QED) is 0.822. The van der Waals surface area contributed by atoms with Crippen molar-refractivity contribution in [1.29, 1.82) is 0 Å². The number of hydrogen-bond donors (Lipinski definition) is 1. The maximum atomic E-state index is 10.6. The van der Waals surface area contributed by atoms with Crippen molar-refractivity contribution < 1.29 is 14.6 Å². The highest BCUT2D eigenvalue weighted by Gasteiger charge is 2.02. The zero-order valence-electron chi connectivity index (χ0n) is 10.2. The summed E-state index contributed by atoms with van der Waals surface area (Å²) in [5.41, 5.74) is 1.82. The summed E-state index contributed by atoms with van der Waals surface area (Å²) in [6.07, 6.45) is 0.0533. The Kier molecular flexibility index (Phi) is 4.79. The van der Waals surface area contributed by atoms with Gasteiger partial charge in [-0.2, -0.15) is 0 Å². The van der Waals surface area contributed by atoms with Crippen molar-refractivity contribution in [3.63, 3.8) is 0 Å². The molecule has 0 fully saturated rings. The van der Waals surface area contributed by atoms with Crippen LogP contribution >= 0.6 is 22.6 Å². The molecule has 98 valence electrons. The number of halogens is 1. The zero-order valence-corrected chi connectivity index (χ0v) is 12.3. The summed E-state index contributed by atoms with van der Waals surface area (Å²) in [5, 5.41) is 8.69. The summed E-state index contributed by atoms with van der Waals surface area (Å²) >= 11 is 2.23. The van der Waals surface area contributed by atoms with E-state index in [1.807, 2.05) is 48.5 Å². The highest BCUT2D eigenvalue weighted by Crippen LogP contribution is 2.20. The molecule has 0 heterocycles. The van der Waals surface area contributed by atoms with Crippen LogP contribution in [0.3, 0.4) is 0 Å². The number of carboxylic acids is 1. The Morgan fingerprint density at radius 3 is 2.32 bits per heavy atom. The fourth-order valence-electron chi connectivity index (χ4n) is 1.65. The first kappa shape index (κ1) is 13.9. The molecule has 0 aromatic heterocycles. The van der Waals surface area contributed by atoms with Crippen molar-refractivity contribution >= 4 is 28.6 Å². The van der Waals surface area contributed by atoms with Gasteiger partial charge in [-0.1, -0.05) is 36.4 Å². The Morgan fingerprint density at radius 2 is 1.68 bits per heavy atom. The molecule has 1 N–H and O–H groups in total. The number of hydrogen-bond acceptors (Lipinski definition) is 2. The van der Waals surface area contributed by atoms with Crippen molar-refractivity contribution in [2.45, 2.75) is 13.0 Å². The van der Waals surface area contributed by atoms with Gasteiger partial charge >= 0.3 is 5.97 Å². The lowest BCUT2D eigenvalue weighted by Crippen LogP contribution is -2.01. The van der Waals surface area contributed by atoms with Crippen molar-refractivity contribution in [1.82, 2.24) is 0 Å². The average Bonchev–Trinajstić information content (AvgIpc) is 2.39. The molecular formula is C15H13IO3. The van der Waals surface area contributed by atoms with Crippen molar-refractivity contribution in [2.75, 3.05) is 0 Å². The number of benzene rings is 2. The van der Waals surface area contributed by atoms with Gasteiger partial charge in [0.05, 0.1) is 9.99 Å². The van der Waals surface area contributed by atoms with E-state index in [-0.39, 0.29) is 6.42 Å². The van der Waals surface area contributed by atoms with Crippen LogP contribution in [0.25, 0.3) is 0 Å². The van der Waals surface area contributed by atoms with Gasteiger partial charge in [0.25, 0.3) is 0 Å². The van der Waals surface area contributed by atoms with Crippen LogP contribution in [0.2, 0.25) is 0 Å². The molecule has 3 nitrogen and oxygen atoms in total. The molecular weight excluding hydrogens is 355 g/mol. The predicted octanol–water partition coefficient (Wildman–Crippen LogP) is 3.50. The second kappa shape index (κ2) is 6.56. The number of carbonyl (C=O) groups is 1. The van der Waals surface area contributed by atoms with E-state index in [9.17, 15) is 4.79 Å². The van der Waals surface area contributed by atoms with Gasteiger partial charge in [0.15, 0.2) is 0 Å². The van der Waals surface area contributed by atoms with Gasteiger partial charge in [-0.25, -0.2) is 0 Å². The molecule has 0 saturated carbocycles. The van der Waals surface area contributed by atoms with Gasteiger partial charge in [-0.15, -0.1) is 0 Å². The molecule has 2 aromatic rings. The van der Waals surface area contributed by atoms with Crippen LogP contribution in [0, 0.1) is 3.57 Å². The van der Waals surface area contributed by atoms with E-state index < -0.39 is 5.97 Å². The number of para-hydroxylation sites is 1. The lowest BCUT2D eigenvalue weighted by molar-refractivity contribution is -0.136. The highest BCUT2D eigenvalue weighted by atomic mass is 127. The van der Waals surface area contributed by atoms with Gasteiger partial charge in [0.1, 0.15) is 12.4 Å². The summed E-state index contributed by atoms with van der Waals surface area (Å²) in [4.78, 5) is 10.6. The minimum Gasteiger partial charge on any atom is -0.488 e. The lowest BCUT2D eigenvalue weighted by Gasteiger charge is -2.08. The first-order valence-electron chi connectivity index (χ1n) is 5.82. The summed E-state index contributed by atoms with van der Waals surface area (Å²) in [5.74, 6) is 0.0422.